The Kier molecular flexibility index (Phi) is 7.94. The number of fused-ring (bicyclic) bond motifs is 1. The van der Waals surface area contributed by atoms with E-state index in [1.807, 2.05) is 12.1 Å². The lowest BCUT2D eigenvalue weighted by Crippen LogP contribution is -2.38. The molecule has 1 atom stereocenters. The lowest BCUT2D eigenvalue weighted by Gasteiger charge is -2.23. The number of rotatable bonds is 8. The van der Waals surface area contributed by atoms with E-state index in [2.05, 4.69) is 20.6 Å². The first kappa shape index (κ1) is 26.8. The van der Waals surface area contributed by atoms with Crippen molar-refractivity contribution in [1.82, 2.24) is 20.2 Å². The summed E-state index contributed by atoms with van der Waals surface area (Å²) >= 11 is 6.44. The highest BCUT2D eigenvalue weighted by Gasteiger charge is 2.30. The zero-order chi connectivity index (χ0) is 27.5. The van der Waals surface area contributed by atoms with Gasteiger partial charge in [0.15, 0.2) is 11.6 Å². The number of amides is 2. The van der Waals surface area contributed by atoms with Gasteiger partial charge in [0.2, 0.25) is 11.9 Å². The summed E-state index contributed by atoms with van der Waals surface area (Å²) in [7, 11) is 1.38. The zero-order valence-corrected chi connectivity index (χ0v) is 22.4. The number of hydrogen-bond donors (Lipinski definition) is 2. The largest absolute Gasteiger partial charge is 0.494 e. The Labute approximate surface area is 230 Å². The number of ether oxygens (including phenoxy) is 2. The first-order valence-electron chi connectivity index (χ1n) is 12.7. The summed E-state index contributed by atoms with van der Waals surface area (Å²) in [6, 6.07) is 9.73. The SMILES string of the molecule is COc1cc([C@H](C)NC(=O)CN2Cc3ccc(-c4nc(NC5CCOCC5)ncc4Cl)cc3C2=O)ccc1F. The van der Waals surface area contributed by atoms with Gasteiger partial charge in [-0.15, -0.1) is 0 Å². The molecule has 2 aliphatic rings. The fraction of sp³-hybridized carbons (Fsp3) is 0.357. The molecule has 2 aliphatic heterocycles. The Bertz CT molecular complexity index is 1400. The number of nitrogens with zero attached hydrogens (tertiary/aromatic N) is 3. The van der Waals surface area contributed by atoms with Gasteiger partial charge in [0.25, 0.3) is 5.91 Å². The molecule has 2 aromatic carbocycles. The molecule has 1 saturated heterocycles. The fourth-order valence-corrected chi connectivity index (χ4v) is 4.99. The first-order chi connectivity index (χ1) is 18.8. The molecule has 5 rings (SSSR count). The minimum absolute atomic E-state index is 0.102. The molecule has 1 aromatic heterocycles. The van der Waals surface area contributed by atoms with E-state index in [1.54, 1.807) is 31.3 Å². The molecule has 1 fully saturated rings. The lowest BCUT2D eigenvalue weighted by atomic mass is 10.0. The smallest absolute Gasteiger partial charge is 0.254 e. The summed E-state index contributed by atoms with van der Waals surface area (Å²) in [5, 5.41) is 6.58. The van der Waals surface area contributed by atoms with Crippen LogP contribution in [0, 0.1) is 5.82 Å². The van der Waals surface area contributed by atoms with Gasteiger partial charge in [-0.05, 0) is 49.1 Å². The molecular formula is C28H29ClFN5O4. The highest BCUT2D eigenvalue weighted by Crippen LogP contribution is 2.32. The highest BCUT2D eigenvalue weighted by atomic mass is 35.5. The van der Waals surface area contributed by atoms with E-state index >= 15 is 0 Å². The molecule has 2 amide bonds. The Hall–Kier alpha value is -3.76. The van der Waals surface area contributed by atoms with Crippen LogP contribution in [0.3, 0.4) is 0 Å². The number of methoxy groups -OCH3 is 1. The molecule has 204 valence electrons. The van der Waals surface area contributed by atoms with Crippen LogP contribution in [0.1, 0.15) is 47.3 Å². The van der Waals surface area contributed by atoms with Gasteiger partial charge in [0.1, 0.15) is 6.54 Å². The number of carbonyl (C=O) groups is 2. The van der Waals surface area contributed by atoms with Gasteiger partial charge in [0.05, 0.1) is 30.1 Å². The van der Waals surface area contributed by atoms with Crippen molar-refractivity contribution in [1.29, 1.82) is 0 Å². The minimum Gasteiger partial charge on any atom is -0.494 e. The van der Waals surface area contributed by atoms with Gasteiger partial charge in [-0.3, -0.25) is 9.59 Å². The molecule has 11 heteroatoms. The van der Waals surface area contributed by atoms with Crippen molar-refractivity contribution in [2.45, 2.75) is 38.4 Å². The third kappa shape index (κ3) is 5.97. The molecule has 3 aromatic rings. The molecule has 0 spiro atoms. The van der Waals surface area contributed by atoms with Crippen LogP contribution >= 0.6 is 11.6 Å². The normalized spacial score (nSPS) is 16.1. The van der Waals surface area contributed by atoms with Gasteiger partial charge in [-0.1, -0.05) is 29.8 Å². The van der Waals surface area contributed by atoms with Crippen LogP contribution in [0.15, 0.2) is 42.6 Å². The maximum absolute atomic E-state index is 13.7. The number of hydrogen-bond acceptors (Lipinski definition) is 7. The number of carbonyl (C=O) groups excluding carboxylic acids is 2. The van der Waals surface area contributed by atoms with Gasteiger partial charge in [-0.25, -0.2) is 14.4 Å². The van der Waals surface area contributed by atoms with Crippen molar-refractivity contribution in [3.8, 4) is 17.0 Å². The van der Waals surface area contributed by atoms with E-state index in [0.29, 0.717) is 53.1 Å². The predicted octanol–water partition coefficient (Wildman–Crippen LogP) is 4.37. The monoisotopic (exact) mass is 553 g/mol. The van der Waals surface area contributed by atoms with E-state index in [9.17, 15) is 14.0 Å². The average Bonchev–Trinajstić information content (AvgIpc) is 3.24. The van der Waals surface area contributed by atoms with Crippen LogP contribution in [0.5, 0.6) is 5.75 Å². The van der Waals surface area contributed by atoms with Crippen LogP contribution in [-0.4, -0.2) is 59.6 Å². The Morgan fingerprint density at radius 2 is 2.05 bits per heavy atom. The van der Waals surface area contributed by atoms with E-state index < -0.39 is 11.9 Å². The molecule has 9 nitrogen and oxygen atoms in total. The van der Waals surface area contributed by atoms with E-state index in [-0.39, 0.29) is 30.2 Å². The molecule has 0 bridgehead atoms. The van der Waals surface area contributed by atoms with Gasteiger partial charge >= 0.3 is 0 Å². The number of aromatic nitrogens is 2. The molecule has 0 unspecified atom stereocenters. The van der Waals surface area contributed by atoms with Crippen molar-refractivity contribution < 1.29 is 23.5 Å². The summed E-state index contributed by atoms with van der Waals surface area (Å²) in [5.74, 6) is -0.475. The molecular weight excluding hydrogens is 525 g/mol. The Balaban J connectivity index is 1.26. The maximum Gasteiger partial charge on any atom is 0.254 e. The van der Waals surface area contributed by atoms with Crippen molar-refractivity contribution >= 4 is 29.4 Å². The highest BCUT2D eigenvalue weighted by molar-refractivity contribution is 6.33. The topological polar surface area (TPSA) is 106 Å². The van der Waals surface area contributed by atoms with Crippen LogP contribution in [-0.2, 0) is 16.1 Å². The number of nitrogens with one attached hydrogen (secondary N) is 2. The standard InChI is InChI=1S/C28H29ClFN5O4/c1-16(17-5-6-23(30)24(12-17)38-2)32-25(36)15-35-14-19-4-3-18(11-21(19)27(35)37)26-22(29)13-31-28(34-26)33-20-7-9-39-10-8-20/h3-6,11-13,16,20H,7-10,14-15H2,1-2H3,(H,32,36)(H,31,33,34)/t16-/m0/s1. The first-order valence-corrected chi connectivity index (χ1v) is 13.1. The van der Waals surface area contributed by atoms with Crippen LogP contribution < -0.4 is 15.4 Å². The summed E-state index contributed by atoms with van der Waals surface area (Å²) in [4.78, 5) is 36.4. The van der Waals surface area contributed by atoms with Crippen molar-refractivity contribution in [3.63, 3.8) is 0 Å². The zero-order valence-electron chi connectivity index (χ0n) is 21.7. The van der Waals surface area contributed by atoms with Crippen molar-refractivity contribution in [2.24, 2.45) is 0 Å². The minimum atomic E-state index is -0.477. The van der Waals surface area contributed by atoms with Crippen molar-refractivity contribution in [3.05, 3.63) is 70.1 Å². The Morgan fingerprint density at radius 3 is 2.82 bits per heavy atom. The summed E-state index contributed by atoms with van der Waals surface area (Å²) in [6.45, 7) is 3.38. The predicted molar refractivity (Wildman–Crippen MR) is 144 cm³/mol. The molecule has 2 N–H and O–H groups in total. The number of anilines is 1. The number of halogens is 2. The second kappa shape index (κ2) is 11.5. The van der Waals surface area contributed by atoms with E-state index in [0.717, 1.165) is 18.4 Å². The average molecular weight is 554 g/mol. The van der Waals surface area contributed by atoms with Crippen LogP contribution in [0.4, 0.5) is 10.3 Å². The fourth-order valence-electron chi connectivity index (χ4n) is 4.79. The van der Waals surface area contributed by atoms with E-state index in [1.165, 1.54) is 18.1 Å². The second-order valence-electron chi connectivity index (χ2n) is 9.64. The lowest BCUT2D eigenvalue weighted by molar-refractivity contribution is -0.122. The molecule has 0 radical (unpaired) electrons. The molecule has 3 heterocycles. The second-order valence-corrected chi connectivity index (χ2v) is 10.0. The van der Waals surface area contributed by atoms with Crippen molar-refractivity contribution in [2.75, 3.05) is 32.2 Å². The summed E-state index contributed by atoms with van der Waals surface area (Å²) < 4.78 is 24.2. The van der Waals surface area contributed by atoms with Gasteiger partial charge in [-0.2, -0.15) is 0 Å². The Morgan fingerprint density at radius 1 is 1.26 bits per heavy atom. The molecule has 0 saturated carbocycles. The quantitative estimate of drug-likeness (QED) is 0.427. The number of benzene rings is 2. The van der Waals surface area contributed by atoms with Gasteiger partial charge < -0.3 is 25.0 Å². The third-order valence-corrected chi connectivity index (χ3v) is 7.22. The summed E-state index contributed by atoms with van der Waals surface area (Å²) in [6.07, 6.45) is 3.29. The van der Waals surface area contributed by atoms with Crippen LogP contribution in [0.2, 0.25) is 5.02 Å². The summed E-state index contributed by atoms with van der Waals surface area (Å²) in [5.41, 5.74) is 3.23. The molecule has 39 heavy (non-hydrogen) atoms. The molecule has 0 aliphatic carbocycles. The van der Waals surface area contributed by atoms with Crippen LogP contribution in [0.25, 0.3) is 11.3 Å². The maximum atomic E-state index is 13.7. The van der Waals surface area contributed by atoms with E-state index in [4.69, 9.17) is 21.1 Å². The third-order valence-electron chi connectivity index (χ3n) is 6.95. The van der Waals surface area contributed by atoms with Gasteiger partial charge in [0, 0.05) is 36.9 Å².